The van der Waals surface area contributed by atoms with E-state index in [1.54, 1.807) is 0 Å². The fraction of sp³-hybridized carbons (Fsp3) is 1.00. The Bertz CT molecular complexity index is 271. The molecule has 0 heterocycles. The average Bonchev–Trinajstić information content (AvgIpc) is 3.14. The highest BCUT2D eigenvalue weighted by Crippen LogP contribution is 2.29. The molecule has 2 heteroatoms. The third kappa shape index (κ3) is 16.1. The monoisotopic (exact) mass is 368 g/mol. The average molecular weight is 369 g/mol. The third-order valence-corrected chi connectivity index (χ3v) is 5.80. The third-order valence-electron chi connectivity index (χ3n) is 5.80. The second-order valence-corrected chi connectivity index (χ2v) is 8.71. The van der Waals surface area contributed by atoms with E-state index in [2.05, 4.69) is 13.8 Å². The maximum atomic E-state index is 5.59. The number of hydrogen-bond acceptors (Lipinski definition) is 2. The normalized spacial score (nSPS) is 15.3. The van der Waals surface area contributed by atoms with Crippen molar-refractivity contribution in [3.8, 4) is 0 Å². The molecule has 1 fully saturated rings. The molecule has 0 aromatic rings. The van der Waals surface area contributed by atoms with Crippen LogP contribution in [0.5, 0.6) is 0 Å². The lowest BCUT2D eigenvalue weighted by molar-refractivity contribution is 0.0186. The highest BCUT2D eigenvalue weighted by molar-refractivity contribution is 4.67. The van der Waals surface area contributed by atoms with Crippen molar-refractivity contribution in [1.29, 1.82) is 0 Å². The van der Waals surface area contributed by atoms with Crippen molar-refractivity contribution in [2.75, 3.05) is 19.8 Å². The predicted molar refractivity (Wildman–Crippen MR) is 114 cm³/mol. The maximum Gasteiger partial charge on any atom is 0.0703 e. The Balaban J connectivity index is 1.63. The van der Waals surface area contributed by atoms with E-state index in [4.69, 9.17) is 9.47 Å². The summed E-state index contributed by atoms with van der Waals surface area (Å²) in [5.74, 6) is 1.10. The Morgan fingerprint density at radius 3 is 1.65 bits per heavy atom. The highest BCUT2D eigenvalue weighted by atomic mass is 16.5. The van der Waals surface area contributed by atoms with E-state index in [0.717, 1.165) is 25.7 Å². The Labute approximate surface area is 164 Å². The molecule has 0 unspecified atom stereocenters. The first-order valence-electron chi connectivity index (χ1n) is 12.0. The van der Waals surface area contributed by atoms with E-state index in [0.29, 0.717) is 6.10 Å². The van der Waals surface area contributed by atoms with E-state index in [9.17, 15) is 0 Å². The molecular weight excluding hydrogens is 320 g/mol. The van der Waals surface area contributed by atoms with Crippen molar-refractivity contribution in [1.82, 2.24) is 0 Å². The summed E-state index contributed by atoms with van der Waals surface area (Å²) in [7, 11) is 0. The molecule has 0 spiro atoms. The molecule has 0 atom stereocenters. The van der Waals surface area contributed by atoms with Crippen LogP contribution in [-0.4, -0.2) is 25.9 Å². The van der Waals surface area contributed by atoms with Gasteiger partial charge in [0.1, 0.15) is 0 Å². The standard InChI is InChI=1S/C24H48O2/c1-23(2)26-22-21-25-20-16-12-10-8-6-4-3-5-7-9-11-13-17-24-18-14-15-19-24/h23-24H,3-22H2,1-2H3. The smallest absolute Gasteiger partial charge is 0.0703 e. The van der Waals surface area contributed by atoms with Crippen LogP contribution >= 0.6 is 0 Å². The summed E-state index contributed by atoms with van der Waals surface area (Å²) in [6, 6.07) is 0. The molecule has 1 aliphatic carbocycles. The van der Waals surface area contributed by atoms with Crippen LogP contribution < -0.4 is 0 Å². The number of rotatable bonds is 19. The molecule has 0 radical (unpaired) electrons. The second kappa shape index (κ2) is 18.3. The molecule has 1 aliphatic rings. The first-order valence-corrected chi connectivity index (χ1v) is 12.0. The molecule has 0 saturated heterocycles. The van der Waals surface area contributed by atoms with E-state index in [1.807, 2.05) is 0 Å². The van der Waals surface area contributed by atoms with E-state index < -0.39 is 0 Å². The van der Waals surface area contributed by atoms with Crippen LogP contribution in [0.1, 0.15) is 123 Å². The molecule has 1 saturated carbocycles. The minimum atomic E-state index is 0.320. The molecule has 0 amide bonds. The molecule has 0 aliphatic heterocycles. The summed E-state index contributed by atoms with van der Waals surface area (Å²) in [5.41, 5.74) is 0. The van der Waals surface area contributed by atoms with Crippen LogP contribution in [0.15, 0.2) is 0 Å². The van der Waals surface area contributed by atoms with E-state index in [-0.39, 0.29) is 0 Å². The summed E-state index contributed by atoms with van der Waals surface area (Å²) in [4.78, 5) is 0. The van der Waals surface area contributed by atoms with Crippen molar-refractivity contribution < 1.29 is 9.47 Å². The zero-order chi connectivity index (χ0) is 18.7. The summed E-state index contributed by atoms with van der Waals surface area (Å²) >= 11 is 0. The van der Waals surface area contributed by atoms with Gasteiger partial charge in [-0.25, -0.2) is 0 Å². The van der Waals surface area contributed by atoms with Gasteiger partial charge in [-0.3, -0.25) is 0 Å². The zero-order valence-corrected chi connectivity index (χ0v) is 18.1. The van der Waals surface area contributed by atoms with Gasteiger partial charge in [-0.15, -0.1) is 0 Å². The first-order chi connectivity index (χ1) is 12.8. The fourth-order valence-electron chi connectivity index (χ4n) is 4.15. The summed E-state index contributed by atoms with van der Waals surface area (Å²) in [5, 5.41) is 0. The van der Waals surface area contributed by atoms with Gasteiger partial charge in [-0.1, -0.05) is 103 Å². The molecule has 0 N–H and O–H groups in total. The van der Waals surface area contributed by atoms with Crippen LogP contribution in [0.3, 0.4) is 0 Å². The molecule has 0 bridgehead atoms. The Morgan fingerprint density at radius 2 is 1.12 bits per heavy atom. The van der Waals surface area contributed by atoms with Crippen LogP contribution in [0.2, 0.25) is 0 Å². The van der Waals surface area contributed by atoms with Gasteiger partial charge in [-0.05, 0) is 26.2 Å². The SMILES string of the molecule is CC(C)OCCOCCCCCCCCCCCCCCC1CCCC1. The molecule has 1 rings (SSSR count). The van der Waals surface area contributed by atoms with Gasteiger partial charge in [0.2, 0.25) is 0 Å². The fourth-order valence-corrected chi connectivity index (χ4v) is 4.15. The lowest BCUT2D eigenvalue weighted by atomic mass is 9.99. The summed E-state index contributed by atoms with van der Waals surface area (Å²) in [6.45, 7) is 6.52. The van der Waals surface area contributed by atoms with Gasteiger partial charge in [-0.2, -0.15) is 0 Å². The molecule has 26 heavy (non-hydrogen) atoms. The molecule has 0 aromatic heterocycles. The topological polar surface area (TPSA) is 18.5 Å². The largest absolute Gasteiger partial charge is 0.379 e. The van der Waals surface area contributed by atoms with E-state index in [1.165, 1.54) is 109 Å². The molecule has 156 valence electrons. The Morgan fingerprint density at radius 1 is 0.615 bits per heavy atom. The van der Waals surface area contributed by atoms with Gasteiger partial charge >= 0.3 is 0 Å². The van der Waals surface area contributed by atoms with Crippen molar-refractivity contribution in [3.63, 3.8) is 0 Å². The van der Waals surface area contributed by atoms with Gasteiger partial charge in [0.25, 0.3) is 0 Å². The number of hydrogen-bond donors (Lipinski definition) is 0. The lowest BCUT2D eigenvalue weighted by Crippen LogP contribution is -2.10. The maximum absolute atomic E-state index is 5.59. The molecular formula is C24H48O2. The lowest BCUT2D eigenvalue weighted by Gasteiger charge is -2.08. The van der Waals surface area contributed by atoms with E-state index >= 15 is 0 Å². The second-order valence-electron chi connectivity index (χ2n) is 8.71. The number of ether oxygens (including phenoxy) is 2. The predicted octanol–water partition coefficient (Wildman–Crippen LogP) is 7.69. The van der Waals surface area contributed by atoms with Crippen LogP contribution in [-0.2, 0) is 9.47 Å². The van der Waals surface area contributed by atoms with Crippen molar-refractivity contribution in [2.45, 2.75) is 129 Å². The quantitative estimate of drug-likeness (QED) is 0.218. The molecule has 2 nitrogen and oxygen atoms in total. The molecule has 0 aromatic carbocycles. The van der Waals surface area contributed by atoms with Crippen LogP contribution in [0, 0.1) is 5.92 Å². The van der Waals surface area contributed by atoms with Crippen LogP contribution in [0.25, 0.3) is 0 Å². The summed E-state index contributed by atoms with van der Waals surface area (Å²) < 4.78 is 11.0. The van der Waals surface area contributed by atoms with Crippen molar-refractivity contribution in [2.24, 2.45) is 5.92 Å². The Kier molecular flexibility index (Phi) is 16.9. The Hall–Kier alpha value is -0.0800. The van der Waals surface area contributed by atoms with Crippen LogP contribution in [0.4, 0.5) is 0 Å². The number of unbranched alkanes of at least 4 members (excludes halogenated alkanes) is 11. The van der Waals surface area contributed by atoms with Gasteiger partial charge < -0.3 is 9.47 Å². The summed E-state index contributed by atoms with van der Waals surface area (Å²) in [6.07, 6.45) is 25.0. The first kappa shape index (κ1) is 24.0. The minimum Gasteiger partial charge on any atom is -0.379 e. The highest BCUT2D eigenvalue weighted by Gasteiger charge is 2.13. The van der Waals surface area contributed by atoms with Gasteiger partial charge in [0.15, 0.2) is 0 Å². The zero-order valence-electron chi connectivity index (χ0n) is 18.1. The van der Waals surface area contributed by atoms with Gasteiger partial charge in [0, 0.05) is 6.61 Å². The van der Waals surface area contributed by atoms with Crippen molar-refractivity contribution in [3.05, 3.63) is 0 Å². The van der Waals surface area contributed by atoms with Crippen molar-refractivity contribution >= 4 is 0 Å². The van der Waals surface area contributed by atoms with Gasteiger partial charge in [0.05, 0.1) is 19.3 Å². The minimum absolute atomic E-state index is 0.320.